The van der Waals surface area contributed by atoms with Crippen molar-refractivity contribution in [3.8, 4) is 56.4 Å². The maximum atomic E-state index is 6.57. The van der Waals surface area contributed by atoms with Crippen molar-refractivity contribution in [3.63, 3.8) is 0 Å². The molecule has 0 fully saturated rings. The first-order chi connectivity index (χ1) is 28.3. The molecule has 0 radical (unpaired) electrons. The summed E-state index contributed by atoms with van der Waals surface area (Å²) in [6.07, 6.45) is 0. The third-order valence-electron chi connectivity index (χ3n) is 11.0. The highest BCUT2D eigenvalue weighted by atomic mass is 32.1. The number of thiophene rings is 2. The monoisotopic (exact) mass is 763 g/mol. The SMILES string of the molecule is c1ccc(-c2nc(-c3ccccc3)nc(-c3cccc4sc5c(-c6ccc(-c7cccc8c7oc7ccccc78)c7sc8ccccc8c67)cccc5c34)n2)cc1. The van der Waals surface area contributed by atoms with Gasteiger partial charge in [-0.15, -0.1) is 22.7 Å². The molecule has 4 aromatic heterocycles. The molecule has 266 valence electrons. The lowest BCUT2D eigenvalue weighted by molar-refractivity contribution is 0.670. The van der Waals surface area contributed by atoms with Crippen molar-refractivity contribution in [2.45, 2.75) is 0 Å². The second-order valence-corrected chi connectivity index (χ2v) is 16.3. The fourth-order valence-electron chi connectivity index (χ4n) is 8.40. The van der Waals surface area contributed by atoms with E-state index in [4.69, 9.17) is 19.4 Å². The van der Waals surface area contributed by atoms with E-state index in [1.807, 2.05) is 65.1 Å². The minimum atomic E-state index is 0.654. The standard InChI is InChI=1S/C51H29N3OS2/c1-3-14-30(15-4-1)49-52-50(31-16-5-2-6-17-31)54-51(53-49)40-24-13-27-43-44(40)39-23-12-22-36(47(39)57-43)33-28-29-37(48-45(33)38-19-8-10-26-42(38)56-48)35-21-11-20-34-32-18-7-9-25-41(32)55-46(34)35/h1-29H. The maximum Gasteiger partial charge on any atom is 0.164 e. The molecule has 4 nitrogen and oxygen atoms in total. The average molecular weight is 764 g/mol. The average Bonchev–Trinajstić information content (AvgIpc) is 3.99. The molecule has 0 aliphatic rings. The van der Waals surface area contributed by atoms with Crippen molar-refractivity contribution in [1.29, 1.82) is 0 Å². The lowest BCUT2D eigenvalue weighted by Gasteiger charge is -2.11. The molecule has 12 rings (SSSR count). The summed E-state index contributed by atoms with van der Waals surface area (Å²) in [6.45, 7) is 0. The fourth-order valence-corrected chi connectivity index (χ4v) is 10.9. The number of nitrogens with zero attached hydrogens (tertiary/aromatic N) is 3. The lowest BCUT2D eigenvalue weighted by atomic mass is 9.93. The van der Waals surface area contributed by atoms with E-state index in [0.29, 0.717) is 17.5 Å². The molecule has 0 aliphatic heterocycles. The molecule has 0 aliphatic carbocycles. The fraction of sp³-hybridized carbons (Fsp3) is 0. The highest BCUT2D eigenvalue weighted by Crippen LogP contribution is 2.50. The molecule has 0 bridgehead atoms. The van der Waals surface area contributed by atoms with Crippen LogP contribution < -0.4 is 0 Å². The molecule has 0 N–H and O–H groups in total. The largest absolute Gasteiger partial charge is 0.455 e. The topological polar surface area (TPSA) is 51.8 Å². The molecule has 6 heteroatoms. The molecule has 8 aromatic carbocycles. The second kappa shape index (κ2) is 12.8. The van der Waals surface area contributed by atoms with E-state index in [-0.39, 0.29) is 0 Å². The van der Waals surface area contributed by atoms with Crippen molar-refractivity contribution in [2.75, 3.05) is 0 Å². The minimum Gasteiger partial charge on any atom is -0.455 e. The quantitative estimate of drug-likeness (QED) is 0.175. The van der Waals surface area contributed by atoms with Gasteiger partial charge in [0.1, 0.15) is 11.2 Å². The highest BCUT2D eigenvalue weighted by molar-refractivity contribution is 7.27. The zero-order valence-corrected chi connectivity index (χ0v) is 31.9. The zero-order valence-electron chi connectivity index (χ0n) is 30.3. The number of rotatable bonds is 5. The van der Waals surface area contributed by atoms with Crippen LogP contribution in [0.1, 0.15) is 0 Å². The number of hydrogen-bond donors (Lipinski definition) is 0. The summed E-state index contributed by atoms with van der Waals surface area (Å²) in [7, 11) is 0. The van der Waals surface area contributed by atoms with Gasteiger partial charge >= 0.3 is 0 Å². The molecule has 4 heterocycles. The molecular weight excluding hydrogens is 735 g/mol. The molecule has 12 aromatic rings. The van der Waals surface area contributed by atoms with Gasteiger partial charge in [-0.05, 0) is 23.8 Å². The van der Waals surface area contributed by atoms with Crippen molar-refractivity contribution < 1.29 is 4.42 Å². The van der Waals surface area contributed by atoms with Crippen molar-refractivity contribution in [2.24, 2.45) is 0 Å². The van der Waals surface area contributed by atoms with E-state index in [9.17, 15) is 0 Å². The number of aromatic nitrogens is 3. The van der Waals surface area contributed by atoms with Gasteiger partial charge < -0.3 is 4.42 Å². The molecule has 0 atom stereocenters. The van der Waals surface area contributed by atoms with Gasteiger partial charge in [-0.2, -0.15) is 0 Å². The van der Waals surface area contributed by atoms with Crippen LogP contribution in [0.25, 0.3) is 119 Å². The molecule has 0 saturated heterocycles. The summed E-state index contributed by atoms with van der Waals surface area (Å²) in [6, 6.07) is 61.8. The van der Waals surface area contributed by atoms with Gasteiger partial charge in [-0.3, -0.25) is 0 Å². The van der Waals surface area contributed by atoms with Gasteiger partial charge in [0.25, 0.3) is 0 Å². The maximum absolute atomic E-state index is 6.57. The Balaban J connectivity index is 1.09. The Morgan fingerprint density at radius 1 is 0.333 bits per heavy atom. The van der Waals surface area contributed by atoms with Crippen LogP contribution in [0.4, 0.5) is 0 Å². The number of para-hydroxylation sites is 2. The van der Waals surface area contributed by atoms with E-state index < -0.39 is 0 Å². The molecule has 0 unspecified atom stereocenters. The Morgan fingerprint density at radius 2 is 0.877 bits per heavy atom. The van der Waals surface area contributed by atoms with Gasteiger partial charge in [-0.25, -0.2) is 15.0 Å². The molecule has 0 amide bonds. The third kappa shape index (κ3) is 5.08. The first-order valence-corrected chi connectivity index (χ1v) is 20.6. The van der Waals surface area contributed by atoms with Crippen LogP contribution in [0.3, 0.4) is 0 Å². The smallest absolute Gasteiger partial charge is 0.164 e. The van der Waals surface area contributed by atoms with E-state index in [0.717, 1.165) is 49.6 Å². The molecule has 0 spiro atoms. The summed E-state index contributed by atoms with van der Waals surface area (Å²) in [4.78, 5) is 15.2. The van der Waals surface area contributed by atoms with Crippen LogP contribution in [0.5, 0.6) is 0 Å². The Labute approximate surface area is 335 Å². The normalized spacial score (nSPS) is 11.9. The van der Waals surface area contributed by atoms with Crippen molar-refractivity contribution in [1.82, 2.24) is 15.0 Å². The summed E-state index contributed by atoms with van der Waals surface area (Å²) in [5.74, 6) is 1.97. The third-order valence-corrected chi connectivity index (χ3v) is 13.4. The summed E-state index contributed by atoms with van der Waals surface area (Å²) < 4.78 is 11.5. The Kier molecular flexibility index (Phi) is 7.24. The van der Waals surface area contributed by atoms with Crippen molar-refractivity contribution >= 4 is 85.0 Å². The summed E-state index contributed by atoms with van der Waals surface area (Å²) in [5, 5.41) is 7.15. The van der Waals surface area contributed by atoms with Crippen molar-refractivity contribution in [3.05, 3.63) is 176 Å². The van der Waals surface area contributed by atoms with Gasteiger partial charge in [-0.1, -0.05) is 158 Å². The number of hydrogen-bond acceptors (Lipinski definition) is 6. The predicted molar refractivity (Wildman–Crippen MR) is 240 cm³/mol. The number of benzene rings is 8. The van der Waals surface area contributed by atoms with E-state index >= 15 is 0 Å². The van der Waals surface area contributed by atoms with Gasteiger partial charge in [0.05, 0.1) is 0 Å². The van der Waals surface area contributed by atoms with E-state index in [2.05, 4.69) is 133 Å². The highest BCUT2D eigenvalue weighted by Gasteiger charge is 2.22. The van der Waals surface area contributed by atoms with Gasteiger partial charge in [0.2, 0.25) is 0 Å². The molecular formula is C51H29N3OS2. The first kappa shape index (κ1) is 32.3. The van der Waals surface area contributed by atoms with Crippen LogP contribution in [-0.4, -0.2) is 15.0 Å². The summed E-state index contributed by atoms with van der Waals surface area (Å²) >= 11 is 3.69. The first-order valence-electron chi connectivity index (χ1n) is 18.9. The Morgan fingerprint density at radius 3 is 1.67 bits per heavy atom. The number of fused-ring (bicyclic) bond motifs is 9. The minimum absolute atomic E-state index is 0.654. The van der Waals surface area contributed by atoms with Crippen LogP contribution in [0.15, 0.2) is 180 Å². The predicted octanol–water partition coefficient (Wildman–Crippen LogP) is 14.8. The molecule has 0 saturated carbocycles. The zero-order chi connectivity index (χ0) is 37.5. The van der Waals surface area contributed by atoms with E-state index in [1.165, 1.54) is 51.6 Å². The summed E-state index contributed by atoms with van der Waals surface area (Å²) in [5.41, 5.74) is 9.46. The van der Waals surface area contributed by atoms with Crippen LogP contribution in [-0.2, 0) is 0 Å². The van der Waals surface area contributed by atoms with Gasteiger partial charge in [0.15, 0.2) is 17.5 Å². The van der Waals surface area contributed by atoms with Gasteiger partial charge in [0, 0.05) is 84.5 Å². The van der Waals surface area contributed by atoms with Crippen LogP contribution in [0.2, 0.25) is 0 Å². The van der Waals surface area contributed by atoms with E-state index in [1.54, 1.807) is 0 Å². The Bertz CT molecular complexity index is 3470. The lowest BCUT2D eigenvalue weighted by Crippen LogP contribution is -2.00. The number of furan rings is 1. The Hall–Kier alpha value is -6.99. The van der Waals surface area contributed by atoms with Crippen LogP contribution >= 0.6 is 22.7 Å². The molecule has 57 heavy (non-hydrogen) atoms. The second-order valence-electron chi connectivity index (χ2n) is 14.2. The van der Waals surface area contributed by atoms with Crippen LogP contribution in [0, 0.1) is 0 Å².